The first-order chi connectivity index (χ1) is 11.6. The SMILES string of the molecule is COc1cccc(S(=O)(=O)NC2CCN(C(=O)OC(C)(C)C)CC2)c1. The van der Waals surface area contributed by atoms with E-state index in [1.165, 1.54) is 19.2 Å². The molecule has 1 fully saturated rings. The summed E-state index contributed by atoms with van der Waals surface area (Å²) in [6.45, 7) is 6.38. The van der Waals surface area contributed by atoms with Crippen LogP contribution >= 0.6 is 0 Å². The van der Waals surface area contributed by atoms with Crippen molar-refractivity contribution >= 4 is 16.1 Å². The van der Waals surface area contributed by atoms with Gasteiger partial charge in [0.25, 0.3) is 0 Å². The number of methoxy groups -OCH3 is 1. The van der Waals surface area contributed by atoms with Gasteiger partial charge in [-0.15, -0.1) is 0 Å². The fraction of sp³-hybridized carbons (Fsp3) is 0.588. The van der Waals surface area contributed by atoms with Gasteiger partial charge in [0.2, 0.25) is 10.0 Å². The first-order valence-corrected chi connectivity index (χ1v) is 9.73. The van der Waals surface area contributed by atoms with Crippen LogP contribution in [0.3, 0.4) is 0 Å². The number of carbonyl (C=O) groups excluding carboxylic acids is 1. The van der Waals surface area contributed by atoms with Crippen molar-refractivity contribution in [2.24, 2.45) is 0 Å². The summed E-state index contributed by atoms with van der Waals surface area (Å²) < 4.78 is 38.1. The average molecular weight is 370 g/mol. The number of ether oxygens (including phenoxy) is 2. The second-order valence-corrected chi connectivity index (χ2v) is 8.76. The molecule has 1 aliphatic heterocycles. The highest BCUT2D eigenvalue weighted by Gasteiger charge is 2.29. The Morgan fingerprint density at radius 3 is 2.44 bits per heavy atom. The number of hydrogen-bond donors (Lipinski definition) is 1. The molecular weight excluding hydrogens is 344 g/mol. The lowest BCUT2D eigenvalue weighted by molar-refractivity contribution is 0.0203. The summed E-state index contributed by atoms with van der Waals surface area (Å²) in [5, 5.41) is 0. The van der Waals surface area contributed by atoms with Crippen molar-refractivity contribution < 1.29 is 22.7 Å². The van der Waals surface area contributed by atoms with E-state index in [0.29, 0.717) is 31.7 Å². The fourth-order valence-electron chi connectivity index (χ4n) is 2.56. The number of rotatable bonds is 4. The molecule has 0 radical (unpaired) electrons. The summed E-state index contributed by atoms with van der Waals surface area (Å²) in [4.78, 5) is 13.8. The van der Waals surface area contributed by atoms with Crippen LogP contribution in [0, 0.1) is 0 Å². The summed E-state index contributed by atoms with van der Waals surface area (Å²) in [6.07, 6.45) is 0.729. The van der Waals surface area contributed by atoms with Gasteiger partial charge in [-0.05, 0) is 45.7 Å². The van der Waals surface area contributed by atoms with Crippen LogP contribution in [0.4, 0.5) is 4.79 Å². The third-order valence-electron chi connectivity index (χ3n) is 3.82. The highest BCUT2D eigenvalue weighted by atomic mass is 32.2. The van der Waals surface area contributed by atoms with Gasteiger partial charge < -0.3 is 14.4 Å². The number of amides is 1. The maximum atomic E-state index is 12.5. The second kappa shape index (κ2) is 7.61. The highest BCUT2D eigenvalue weighted by Crippen LogP contribution is 2.20. The summed E-state index contributed by atoms with van der Waals surface area (Å²) in [7, 11) is -2.13. The first kappa shape index (κ1) is 19.5. The predicted octanol–water partition coefficient (Wildman–Crippen LogP) is 2.37. The number of nitrogens with one attached hydrogen (secondary N) is 1. The van der Waals surface area contributed by atoms with Crippen LogP contribution in [-0.2, 0) is 14.8 Å². The van der Waals surface area contributed by atoms with E-state index in [4.69, 9.17) is 9.47 Å². The smallest absolute Gasteiger partial charge is 0.410 e. The van der Waals surface area contributed by atoms with E-state index < -0.39 is 15.6 Å². The van der Waals surface area contributed by atoms with Gasteiger partial charge in [-0.2, -0.15) is 0 Å². The van der Waals surface area contributed by atoms with Crippen LogP contribution in [0.1, 0.15) is 33.6 Å². The molecule has 0 atom stereocenters. The Morgan fingerprint density at radius 1 is 1.24 bits per heavy atom. The lowest BCUT2D eigenvalue weighted by Crippen LogP contribution is -2.47. The number of hydrogen-bond acceptors (Lipinski definition) is 5. The van der Waals surface area contributed by atoms with Crippen molar-refractivity contribution in [2.75, 3.05) is 20.2 Å². The lowest BCUT2D eigenvalue weighted by atomic mass is 10.1. The van der Waals surface area contributed by atoms with Gasteiger partial charge in [0.05, 0.1) is 12.0 Å². The number of likely N-dealkylation sites (tertiary alicyclic amines) is 1. The maximum Gasteiger partial charge on any atom is 0.410 e. The molecule has 0 aromatic heterocycles. The van der Waals surface area contributed by atoms with Crippen molar-refractivity contribution in [2.45, 2.75) is 50.2 Å². The zero-order chi connectivity index (χ0) is 18.7. The minimum absolute atomic E-state index is 0.168. The molecule has 7 nitrogen and oxygen atoms in total. The van der Waals surface area contributed by atoms with E-state index in [-0.39, 0.29) is 17.0 Å². The Labute approximate surface area is 149 Å². The number of nitrogens with zero attached hydrogens (tertiary/aromatic N) is 1. The van der Waals surface area contributed by atoms with Gasteiger partial charge in [0, 0.05) is 25.2 Å². The quantitative estimate of drug-likeness (QED) is 0.879. The van der Waals surface area contributed by atoms with Gasteiger partial charge in [0.1, 0.15) is 11.4 Å². The minimum Gasteiger partial charge on any atom is -0.497 e. The largest absolute Gasteiger partial charge is 0.497 e. The molecule has 0 aliphatic carbocycles. The monoisotopic (exact) mass is 370 g/mol. The molecule has 25 heavy (non-hydrogen) atoms. The number of carbonyl (C=O) groups is 1. The first-order valence-electron chi connectivity index (χ1n) is 8.25. The van der Waals surface area contributed by atoms with Crippen molar-refractivity contribution in [1.29, 1.82) is 0 Å². The summed E-state index contributed by atoms with van der Waals surface area (Å²) >= 11 is 0. The third-order valence-corrected chi connectivity index (χ3v) is 5.34. The minimum atomic E-state index is -3.62. The van der Waals surface area contributed by atoms with Gasteiger partial charge in [-0.25, -0.2) is 17.9 Å². The van der Waals surface area contributed by atoms with E-state index in [1.54, 1.807) is 17.0 Å². The van der Waals surface area contributed by atoms with Crippen LogP contribution in [0.15, 0.2) is 29.2 Å². The summed E-state index contributed by atoms with van der Waals surface area (Å²) in [5.41, 5.74) is -0.540. The highest BCUT2D eigenvalue weighted by molar-refractivity contribution is 7.89. The van der Waals surface area contributed by atoms with Gasteiger partial charge >= 0.3 is 6.09 Å². The maximum absolute atomic E-state index is 12.5. The van der Waals surface area contributed by atoms with E-state index in [2.05, 4.69) is 4.72 Å². The topological polar surface area (TPSA) is 84.9 Å². The molecule has 1 N–H and O–H groups in total. The molecule has 1 aliphatic rings. The van der Waals surface area contributed by atoms with Crippen molar-refractivity contribution in [3.05, 3.63) is 24.3 Å². The van der Waals surface area contributed by atoms with Crippen LogP contribution < -0.4 is 9.46 Å². The Bertz CT molecular complexity index is 704. The Balaban J connectivity index is 1.94. The summed E-state index contributed by atoms with van der Waals surface area (Å²) in [6, 6.07) is 6.13. The van der Waals surface area contributed by atoms with E-state index >= 15 is 0 Å². The van der Waals surface area contributed by atoms with E-state index in [0.717, 1.165) is 0 Å². The third kappa shape index (κ3) is 5.61. The number of piperidine rings is 1. The van der Waals surface area contributed by atoms with E-state index in [9.17, 15) is 13.2 Å². The fourth-order valence-corrected chi connectivity index (χ4v) is 3.90. The molecule has 0 saturated carbocycles. The molecule has 140 valence electrons. The van der Waals surface area contributed by atoms with Crippen molar-refractivity contribution in [3.8, 4) is 5.75 Å². The molecule has 1 saturated heterocycles. The van der Waals surface area contributed by atoms with Crippen LogP contribution in [0.2, 0.25) is 0 Å². The number of benzene rings is 1. The standard InChI is InChI=1S/C17H26N2O5S/c1-17(2,3)24-16(20)19-10-8-13(9-11-19)18-25(21,22)15-7-5-6-14(12-15)23-4/h5-7,12-13,18H,8-11H2,1-4H3. The molecule has 1 aromatic carbocycles. The van der Waals surface area contributed by atoms with Crippen molar-refractivity contribution in [1.82, 2.24) is 9.62 Å². The van der Waals surface area contributed by atoms with Crippen LogP contribution in [0.5, 0.6) is 5.75 Å². The summed E-state index contributed by atoms with van der Waals surface area (Å²) in [5.74, 6) is 0.489. The van der Waals surface area contributed by atoms with Crippen molar-refractivity contribution in [3.63, 3.8) is 0 Å². The molecule has 0 unspecified atom stereocenters. The average Bonchev–Trinajstić information content (AvgIpc) is 2.53. The molecule has 8 heteroatoms. The Morgan fingerprint density at radius 2 is 1.88 bits per heavy atom. The number of sulfonamides is 1. The van der Waals surface area contributed by atoms with Crippen LogP contribution in [0.25, 0.3) is 0 Å². The Kier molecular flexibility index (Phi) is 5.95. The molecule has 1 heterocycles. The molecule has 2 rings (SSSR count). The normalized spacial score (nSPS) is 16.6. The zero-order valence-electron chi connectivity index (χ0n) is 15.1. The van der Waals surface area contributed by atoms with Crippen LogP contribution in [-0.4, -0.2) is 51.3 Å². The Hall–Kier alpha value is -1.80. The predicted molar refractivity (Wildman–Crippen MR) is 94.1 cm³/mol. The second-order valence-electron chi connectivity index (χ2n) is 7.04. The lowest BCUT2D eigenvalue weighted by Gasteiger charge is -2.33. The zero-order valence-corrected chi connectivity index (χ0v) is 15.9. The molecule has 0 bridgehead atoms. The molecule has 1 amide bonds. The van der Waals surface area contributed by atoms with E-state index in [1.807, 2.05) is 20.8 Å². The molecule has 0 spiro atoms. The van der Waals surface area contributed by atoms with Gasteiger partial charge in [-0.1, -0.05) is 6.07 Å². The molecule has 1 aromatic rings. The van der Waals surface area contributed by atoms with Gasteiger partial charge in [-0.3, -0.25) is 0 Å². The molecular formula is C17H26N2O5S. The van der Waals surface area contributed by atoms with Gasteiger partial charge in [0.15, 0.2) is 0 Å².